The molecule has 0 amide bonds. The van der Waals surface area contributed by atoms with Crippen molar-refractivity contribution in [3.63, 3.8) is 0 Å². The molecule has 4 nitrogen and oxygen atoms in total. The Morgan fingerprint density at radius 3 is 2.48 bits per heavy atom. The van der Waals surface area contributed by atoms with Gasteiger partial charge in [0.1, 0.15) is 5.82 Å². The molecule has 0 spiro atoms. The van der Waals surface area contributed by atoms with E-state index in [4.69, 9.17) is 5.73 Å². The van der Waals surface area contributed by atoms with Crippen molar-refractivity contribution >= 4 is 11.5 Å². The molecule has 1 aliphatic rings. The van der Waals surface area contributed by atoms with E-state index in [1.54, 1.807) is 0 Å². The van der Waals surface area contributed by atoms with Gasteiger partial charge in [-0.2, -0.15) is 0 Å². The van der Waals surface area contributed by atoms with Crippen molar-refractivity contribution in [2.45, 2.75) is 13.5 Å². The lowest BCUT2D eigenvalue weighted by Gasteiger charge is -2.37. The average molecular weight is 282 g/mol. The highest BCUT2D eigenvalue weighted by molar-refractivity contribution is 5.57. The number of hydrogen-bond donors (Lipinski definition) is 1. The van der Waals surface area contributed by atoms with Gasteiger partial charge in [-0.25, -0.2) is 4.98 Å². The van der Waals surface area contributed by atoms with Gasteiger partial charge in [0.15, 0.2) is 0 Å². The number of piperazine rings is 1. The molecule has 1 aromatic carbocycles. The normalized spacial score (nSPS) is 15.3. The summed E-state index contributed by atoms with van der Waals surface area (Å²) in [5.41, 5.74) is 9.68. The van der Waals surface area contributed by atoms with Gasteiger partial charge in [-0.05, 0) is 36.2 Å². The van der Waals surface area contributed by atoms with Crippen LogP contribution in [0.1, 0.15) is 11.1 Å². The summed E-state index contributed by atoms with van der Waals surface area (Å²) in [6.07, 6.45) is 1.86. The van der Waals surface area contributed by atoms with Crippen LogP contribution in [0.2, 0.25) is 0 Å². The van der Waals surface area contributed by atoms with Crippen molar-refractivity contribution in [3.05, 3.63) is 53.7 Å². The minimum atomic E-state index is 0.593. The quantitative estimate of drug-likeness (QED) is 0.937. The molecule has 1 fully saturated rings. The van der Waals surface area contributed by atoms with Gasteiger partial charge in [0.25, 0.3) is 0 Å². The van der Waals surface area contributed by atoms with Crippen LogP contribution in [0.15, 0.2) is 42.6 Å². The smallest absolute Gasteiger partial charge is 0.128 e. The summed E-state index contributed by atoms with van der Waals surface area (Å²) < 4.78 is 0. The Hall–Kier alpha value is -2.07. The molecule has 21 heavy (non-hydrogen) atoms. The number of benzene rings is 1. The SMILES string of the molecule is Cc1ccc(CN)c(N2CCN(c3ccccn3)CC2)c1. The van der Waals surface area contributed by atoms with Gasteiger partial charge in [0, 0.05) is 44.6 Å². The number of nitrogens with two attached hydrogens (primary N) is 1. The van der Waals surface area contributed by atoms with Crippen LogP contribution >= 0.6 is 0 Å². The predicted molar refractivity (Wildman–Crippen MR) is 87.7 cm³/mol. The Morgan fingerprint density at radius 2 is 1.81 bits per heavy atom. The third kappa shape index (κ3) is 3.00. The molecule has 2 N–H and O–H groups in total. The molecular weight excluding hydrogens is 260 g/mol. The van der Waals surface area contributed by atoms with Gasteiger partial charge in [0.2, 0.25) is 0 Å². The summed E-state index contributed by atoms with van der Waals surface area (Å²) in [5, 5.41) is 0. The van der Waals surface area contributed by atoms with Crippen LogP contribution in [0.3, 0.4) is 0 Å². The predicted octanol–water partition coefficient (Wildman–Crippen LogP) is 2.18. The van der Waals surface area contributed by atoms with Crippen LogP contribution in [0.5, 0.6) is 0 Å². The molecule has 4 heteroatoms. The molecular formula is C17H22N4. The minimum Gasteiger partial charge on any atom is -0.368 e. The second-order valence-corrected chi connectivity index (χ2v) is 5.50. The van der Waals surface area contributed by atoms with Gasteiger partial charge in [-0.3, -0.25) is 0 Å². The molecule has 110 valence electrons. The molecule has 2 aromatic rings. The van der Waals surface area contributed by atoms with Crippen LogP contribution in [0.25, 0.3) is 0 Å². The Morgan fingerprint density at radius 1 is 1.05 bits per heavy atom. The number of hydrogen-bond acceptors (Lipinski definition) is 4. The Kier molecular flexibility index (Phi) is 4.06. The van der Waals surface area contributed by atoms with Gasteiger partial charge in [0.05, 0.1) is 0 Å². The summed E-state index contributed by atoms with van der Waals surface area (Å²) in [7, 11) is 0. The Labute approximate surface area is 126 Å². The second kappa shape index (κ2) is 6.14. The Bertz CT molecular complexity index is 589. The number of anilines is 2. The van der Waals surface area contributed by atoms with E-state index in [0.29, 0.717) is 6.54 Å². The highest BCUT2D eigenvalue weighted by Crippen LogP contribution is 2.24. The lowest BCUT2D eigenvalue weighted by Crippen LogP contribution is -2.47. The third-order valence-corrected chi connectivity index (χ3v) is 4.05. The number of nitrogens with zero attached hydrogens (tertiary/aromatic N) is 3. The fourth-order valence-corrected chi connectivity index (χ4v) is 2.86. The molecule has 2 heterocycles. The lowest BCUT2D eigenvalue weighted by atomic mass is 10.1. The molecule has 0 aliphatic carbocycles. The van der Waals surface area contributed by atoms with E-state index in [-0.39, 0.29) is 0 Å². The lowest BCUT2D eigenvalue weighted by molar-refractivity contribution is 0.645. The summed E-state index contributed by atoms with van der Waals surface area (Å²) in [5.74, 6) is 1.07. The molecule has 1 saturated heterocycles. The fourth-order valence-electron chi connectivity index (χ4n) is 2.86. The summed E-state index contributed by atoms with van der Waals surface area (Å²) in [4.78, 5) is 9.22. The molecule has 1 aliphatic heterocycles. The van der Waals surface area contributed by atoms with Crippen LogP contribution in [-0.2, 0) is 6.54 Å². The van der Waals surface area contributed by atoms with Crippen molar-refractivity contribution in [1.29, 1.82) is 0 Å². The monoisotopic (exact) mass is 282 g/mol. The first-order chi connectivity index (χ1) is 10.3. The van der Waals surface area contributed by atoms with Crippen LogP contribution < -0.4 is 15.5 Å². The van der Waals surface area contributed by atoms with Gasteiger partial charge < -0.3 is 15.5 Å². The molecule has 0 saturated carbocycles. The Balaban J connectivity index is 1.73. The van der Waals surface area contributed by atoms with E-state index >= 15 is 0 Å². The number of rotatable bonds is 3. The maximum Gasteiger partial charge on any atom is 0.128 e. The van der Waals surface area contributed by atoms with Crippen molar-refractivity contribution in [2.75, 3.05) is 36.0 Å². The maximum atomic E-state index is 5.88. The zero-order valence-electron chi connectivity index (χ0n) is 12.5. The van der Waals surface area contributed by atoms with Crippen molar-refractivity contribution in [3.8, 4) is 0 Å². The maximum absolute atomic E-state index is 5.88. The highest BCUT2D eigenvalue weighted by atomic mass is 15.3. The van der Waals surface area contributed by atoms with Gasteiger partial charge in [-0.15, -0.1) is 0 Å². The molecule has 1 aromatic heterocycles. The van der Waals surface area contributed by atoms with Gasteiger partial charge >= 0.3 is 0 Å². The van der Waals surface area contributed by atoms with E-state index in [2.05, 4.69) is 46.0 Å². The molecule has 0 unspecified atom stereocenters. The van der Waals surface area contributed by atoms with E-state index in [0.717, 1.165) is 32.0 Å². The van der Waals surface area contributed by atoms with E-state index < -0.39 is 0 Å². The number of aromatic nitrogens is 1. The minimum absolute atomic E-state index is 0.593. The zero-order valence-corrected chi connectivity index (χ0v) is 12.5. The van der Waals surface area contributed by atoms with Crippen LogP contribution in [-0.4, -0.2) is 31.2 Å². The summed E-state index contributed by atoms with van der Waals surface area (Å²) in [6, 6.07) is 12.6. The van der Waals surface area contributed by atoms with Gasteiger partial charge in [-0.1, -0.05) is 18.2 Å². The van der Waals surface area contributed by atoms with Crippen molar-refractivity contribution < 1.29 is 0 Å². The first kappa shape index (κ1) is 13.9. The van der Waals surface area contributed by atoms with E-state index in [1.165, 1.54) is 16.8 Å². The third-order valence-electron chi connectivity index (χ3n) is 4.05. The van der Waals surface area contributed by atoms with Crippen molar-refractivity contribution in [1.82, 2.24) is 4.98 Å². The number of aryl methyl sites for hydroxylation is 1. The van der Waals surface area contributed by atoms with Crippen LogP contribution in [0.4, 0.5) is 11.5 Å². The number of pyridine rings is 1. The van der Waals surface area contributed by atoms with E-state index in [1.807, 2.05) is 18.3 Å². The highest BCUT2D eigenvalue weighted by Gasteiger charge is 2.19. The topological polar surface area (TPSA) is 45.4 Å². The standard InChI is InChI=1S/C17H22N4/c1-14-5-6-15(13-18)16(12-14)20-8-10-21(11-9-20)17-4-2-3-7-19-17/h2-7,12H,8-11,13,18H2,1H3. The van der Waals surface area contributed by atoms with Crippen LogP contribution in [0, 0.1) is 6.92 Å². The molecule has 0 atom stereocenters. The summed E-state index contributed by atoms with van der Waals surface area (Å²) in [6.45, 7) is 6.73. The molecule has 3 rings (SSSR count). The van der Waals surface area contributed by atoms with Crippen molar-refractivity contribution in [2.24, 2.45) is 5.73 Å². The zero-order chi connectivity index (χ0) is 14.7. The fraction of sp³-hybridized carbons (Fsp3) is 0.353. The average Bonchev–Trinajstić information content (AvgIpc) is 2.56. The first-order valence-electron chi connectivity index (χ1n) is 7.48. The van der Waals surface area contributed by atoms with E-state index in [9.17, 15) is 0 Å². The summed E-state index contributed by atoms with van der Waals surface area (Å²) >= 11 is 0. The second-order valence-electron chi connectivity index (χ2n) is 5.50. The largest absolute Gasteiger partial charge is 0.368 e. The molecule has 0 radical (unpaired) electrons. The molecule has 0 bridgehead atoms. The first-order valence-corrected chi connectivity index (χ1v) is 7.48.